The summed E-state index contributed by atoms with van der Waals surface area (Å²) < 4.78 is 7.87. The third kappa shape index (κ3) is 2.83. The molecule has 3 aromatic heterocycles. The van der Waals surface area contributed by atoms with Crippen LogP contribution in [0.25, 0.3) is 15.2 Å². The molecule has 25 heavy (non-hydrogen) atoms. The highest BCUT2D eigenvalue weighted by molar-refractivity contribution is 7.23. The lowest BCUT2D eigenvalue weighted by molar-refractivity contribution is 0.0472. The molecule has 0 radical (unpaired) electrons. The molecule has 3 heterocycles. The topological polar surface area (TPSA) is 73.6 Å². The minimum atomic E-state index is -0.443. The largest absolute Gasteiger partial charge is 0.455 e. The minimum absolute atomic E-state index is 0.0464. The first-order chi connectivity index (χ1) is 12.0. The molecule has 6 nitrogen and oxygen atoms in total. The van der Waals surface area contributed by atoms with Crippen LogP contribution in [0.3, 0.4) is 0 Å². The second-order valence-electron chi connectivity index (χ2n) is 5.50. The standard InChI is InChI=1S/C17H13N3O3S2/c1-9-15(24-10(2)18-9)16(22)23-8-11-7-14(21)20-12-5-3-4-6-13(12)25-17(20)19-11/h3-7H,8H2,1-2H3. The Labute approximate surface area is 150 Å². The van der Waals surface area contributed by atoms with E-state index in [0.29, 0.717) is 21.2 Å². The molecule has 1 aromatic carbocycles. The fraction of sp³-hybridized carbons (Fsp3) is 0.176. The Morgan fingerprint density at radius 3 is 2.76 bits per heavy atom. The second-order valence-corrected chi connectivity index (χ2v) is 7.71. The maximum absolute atomic E-state index is 12.4. The van der Waals surface area contributed by atoms with Crippen LogP contribution in [-0.2, 0) is 11.3 Å². The molecule has 0 fully saturated rings. The van der Waals surface area contributed by atoms with Crippen molar-refractivity contribution in [3.05, 3.63) is 62.0 Å². The lowest BCUT2D eigenvalue weighted by Crippen LogP contribution is -2.15. The van der Waals surface area contributed by atoms with Crippen LogP contribution in [0.5, 0.6) is 0 Å². The van der Waals surface area contributed by atoms with Crippen LogP contribution < -0.4 is 5.56 Å². The fourth-order valence-corrected chi connectivity index (χ4v) is 4.49. The summed E-state index contributed by atoms with van der Waals surface area (Å²) in [6, 6.07) is 9.05. The average molecular weight is 371 g/mol. The normalized spacial score (nSPS) is 11.3. The molecule has 4 aromatic rings. The van der Waals surface area contributed by atoms with Gasteiger partial charge >= 0.3 is 5.97 Å². The summed E-state index contributed by atoms with van der Waals surface area (Å²) in [4.78, 5) is 34.4. The second kappa shape index (κ2) is 6.05. The van der Waals surface area contributed by atoms with Gasteiger partial charge in [0.05, 0.1) is 26.6 Å². The van der Waals surface area contributed by atoms with Gasteiger partial charge < -0.3 is 4.74 Å². The van der Waals surface area contributed by atoms with E-state index in [1.807, 2.05) is 31.2 Å². The summed E-state index contributed by atoms with van der Waals surface area (Å²) in [5.41, 5.74) is 1.74. The number of aryl methyl sites for hydroxylation is 2. The number of carbonyl (C=O) groups is 1. The SMILES string of the molecule is Cc1nc(C)c(C(=O)OCc2cc(=O)n3c(n2)sc2ccccc23)s1. The van der Waals surface area contributed by atoms with Gasteiger partial charge in [-0.3, -0.25) is 9.20 Å². The van der Waals surface area contributed by atoms with E-state index >= 15 is 0 Å². The van der Waals surface area contributed by atoms with Crippen molar-refractivity contribution < 1.29 is 9.53 Å². The van der Waals surface area contributed by atoms with Gasteiger partial charge in [-0.1, -0.05) is 23.5 Å². The number of carbonyl (C=O) groups excluding carboxylic acids is 1. The number of ether oxygens (including phenoxy) is 1. The third-order valence-corrected chi connectivity index (χ3v) is 5.76. The third-order valence-electron chi connectivity index (χ3n) is 3.69. The molecule has 4 rings (SSSR count). The van der Waals surface area contributed by atoms with Gasteiger partial charge in [0.2, 0.25) is 0 Å². The van der Waals surface area contributed by atoms with E-state index < -0.39 is 5.97 Å². The molecule has 0 aliphatic heterocycles. The summed E-state index contributed by atoms with van der Waals surface area (Å²) in [6.07, 6.45) is 0. The summed E-state index contributed by atoms with van der Waals surface area (Å²) in [7, 11) is 0. The molecule has 0 spiro atoms. The Morgan fingerprint density at radius 2 is 2.00 bits per heavy atom. The van der Waals surface area contributed by atoms with Crippen LogP contribution in [0.4, 0.5) is 0 Å². The Bertz CT molecular complexity index is 1170. The van der Waals surface area contributed by atoms with E-state index in [0.717, 1.165) is 15.2 Å². The molecule has 126 valence electrons. The molecule has 8 heteroatoms. The molecule has 0 N–H and O–H groups in total. The summed E-state index contributed by atoms with van der Waals surface area (Å²) in [6.45, 7) is 3.56. The number of aromatic nitrogens is 3. The first kappa shape index (κ1) is 15.9. The predicted molar refractivity (Wildman–Crippen MR) is 97.6 cm³/mol. The maximum Gasteiger partial charge on any atom is 0.350 e. The lowest BCUT2D eigenvalue weighted by atomic mass is 10.3. The van der Waals surface area contributed by atoms with Crippen molar-refractivity contribution in [2.45, 2.75) is 20.5 Å². The smallest absolute Gasteiger partial charge is 0.350 e. The van der Waals surface area contributed by atoms with E-state index in [1.165, 1.54) is 28.7 Å². The van der Waals surface area contributed by atoms with Crippen LogP contribution in [-0.4, -0.2) is 20.3 Å². The number of nitrogens with zero attached hydrogens (tertiary/aromatic N) is 3. The maximum atomic E-state index is 12.4. The van der Waals surface area contributed by atoms with Crippen molar-refractivity contribution in [2.75, 3.05) is 0 Å². The summed E-state index contributed by atoms with van der Waals surface area (Å²) in [5.74, 6) is -0.443. The minimum Gasteiger partial charge on any atom is -0.455 e. The molecule has 0 saturated heterocycles. The van der Waals surface area contributed by atoms with Crippen molar-refractivity contribution in [1.29, 1.82) is 0 Å². The first-order valence-electron chi connectivity index (χ1n) is 7.54. The van der Waals surface area contributed by atoms with Crippen LogP contribution >= 0.6 is 22.7 Å². The fourth-order valence-electron chi connectivity index (χ4n) is 2.62. The number of hydrogen-bond acceptors (Lipinski definition) is 7. The predicted octanol–water partition coefficient (Wildman–Crippen LogP) is 3.34. The highest BCUT2D eigenvalue weighted by atomic mass is 32.1. The van der Waals surface area contributed by atoms with Gasteiger partial charge in [-0.2, -0.15) is 0 Å². The average Bonchev–Trinajstić information content (AvgIpc) is 3.12. The van der Waals surface area contributed by atoms with Crippen LogP contribution in [0.1, 0.15) is 26.1 Å². The van der Waals surface area contributed by atoms with Gasteiger partial charge in [-0.05, 0) is 26.0 Å². The molecule has 0 aliphatic carbocycles. The van der Waals surface area contributed by atoms with E-state index in [2.05, 4.69) is 9.97 Å². The Morgan fingerprint density at radius 1 is 1.20 bits per heavy atom. The molecular formula is C17H13N3O3S2. The number of rotatable bonds is 3. The van der Waals surface area contributed by atoms with Crippen molar-refractivity contribution in [3.8, 4) is 0 Å². The van der Waals surface area contributed by atoms with E-state index in [9.17, 15) is 9.59 Å². The quantitative estimate of drug-likeness (QED) is 0.517. The Hall–Kier alpha value is -2.58. The van der Waals surface area contributed by atoms with Crippen LogP contribution in [0.15, 0.2) is 35.1 Å². The number of benzene rings is 1. The van der Waals surface area contributed by atoms with Crippen LogP contribution in [0, 0.1) is 13.8 Å². The zero-order chi connectivity index (χ0) is 17.6. The number of esters is 1. The molecule has 0 aliphatic rings. The Kier molecular flexibility index (Phi) is 3.85. The van der Waals surface area contributed by atoms with Gasteiger partial charge in [-0.25, -0.2) is 14.8 Å². The van der Waals surface area contributed by atoms with Gasteiger partial charge in [-0.15, -0.1) is 11.3 Å². The summed E-state index contributed by atoms with van der Waals surface area (Å²) >= 11 is 2.73. The van der Waals surface area contributed by atoms with Crippen molar-refractivity contribution in [3.63, 3.8) is 0 Å². The monoisotopic (exact) mass is 371 g/mol. The van der Waals surface area contributed by atoms with Crippen LogP contribution in [0.2, 0.25) is 0 Å². The highest BCUT2D eigenvalue weighted by Gasteiger charge is 2.16. The van der Waals surface area contributed by atoms with E-state index in [-0.39, 0.29) is 12.2 Å². The Balaban J connectivity index is 1.64. The molecule has 0 saturated carbocycles. The van der Waals surface area contributed by atoms with Gasteiger partial charge in [0.15, 0.2) is 4.96 Å². The number of hydrogen-bond donors (Lipinski definition) is 0. The number of fused-ring (bicyclic) bond motifs is 3. The summed E-state index contributed by atoms with van der Waals surface area (Å²) in [5, 5.41) is 0.813. The number of para-hydroxylation sites is 1. The van der Waals surface area contributed by atoms with Crippen molar-refractivity contribution in [2.24, 2.45) is 0 Å². The van der Waals surface area contributed by atoms with E-state index in [4.69, 9.17) is 4.74 Å². The van der Waals surface area contributed by atoms with Gasteiger partial charge in [0.1, 0.15) is 11.5 Å². The molecular weight excluding hydrogens is 358 g/mol. The number of thiazole rings is 2. The van der Waals surface area contributed by atoms with E-state index in [1.54, 1.807) is 11.3 Å². The molecule has 0 bridgehead atoms. The first-order valence-corrected chi connectivity index (χ1v) is 9.17. The lowest BCUT2D eigenvalue weighted by Gasteiger charge is -2.03. The van der Waals surface area contributed by atoms with Crippen molar-refractivity contribution >= 4 is 43.8 Å². The highest BCUT2D eigenvalue weighted by Crippen LogP contribution is 2.24. The zero-order valence-corrected chi connectivity index (χ0v) is 15.1. The van der Waals surface area contributed by atoms with Gasteiger partial charge in [0.25, 0.3) is 5.56 Å². The zero-order valence-electron chi connectivity index (χ0n) is 13.5. The van der Waals surface area contributed by atoms with Gasteiger partial charge in [0, 0.05) is 6.07 Å². The molecule has 0 amide bonds. The van der Waals surface area contributed by atoms with Crippen molar-refractivity contribution in [1.82, 2.24) is 14.4 Å². The molecule has 0 atom stereocenters. The molecule has 0 unspecified atom stereocenters.